The topological polar surface area (TPSA) is 71.7 Å². The van der Waals surface area contributed by atoms with Crippen molar-refractivity contribution in [2.75, 3.05) is 27.4 Å². The van der Waals surface area contributed by atoms with Gasteiger partial charge in [-0.05, 0) is 18.2 Å². The molecule has 0 saturated heterocycles. The zero-order chi connectivity index (χ0) is 12.7. The number of nitriles is 1. The van der Waals surface area contributed by atoms with Crippen molar-refractivity contribution < 1.29 is 19.3 Å². The summed E-state index contributed by atoms with van der Waals surface area (Å²) in [7, 11) is 3.06. The highest BCUT2D eigenvalue weighted by Gasteiger charge is 2.17. The number of benzene rings is 1. The summed E-state index contributed by atoms with van der Waals surface area (Å²) >= 11 is 0. The molecule has 5 heteroatoms. The fourth-order valence-electron chi connectivity index (χ4n) is 1.41. The summed E-state index contributed by atoms with van der Waals surface area (Å²) < 4.78 is 15.5. The molecule has 1 N–H and O–H groups in total. The molecule has 1 rings (SSSR count). The van der Waals surface area contributed by atoms with E-state index in [0.717, 1.165) is 0 Å². The van der Waals surface area contributed by atoms with E-state index < -0.39 is 6.10 Å². The van der Waals surface area contributed by atoms with E-state index in [9.17, 15) is 0 Å². The van der Waals surface area contributed by atoms with Crippen LogP contribution in [0.5, 0.6) is 11.5 Å². The molecular weight excluding hydrogens is 222 g/mol. The van der Waals surface area contributed by atoms with E-state index in [2.05, 4.69) is 0 Å². The van der Waals surface area contributed by atoms with Gasteiger partial charge in [-0.1, -0.05) is 0 Å². The van der Waals surface area contributed by atoms with Crippen molar-refractivity contribution in [2.24, 2.45) is 0 Å². The SMILES string of the molecule is COc1ccc(OC)c(C(C#N)OCCO)c1. The second kappa shape index (κ2) is 6.74. The second-order valence-corrected chi connectivity index (χ2v) is 3.21. The Bertz CT molecular complexity index is 400. The van der Waals surface area contributed by atoms with E-state index in [0.29, 0.717) is 17.1 Å². The summed E-state index contributed by atoms with van der Waals surface area (Å²) in [6, 6.07) is 7.14. The summed E-state index contributed by atoms with van der Waals surface area (Å²) in [5.74, 6) is 1.17. The average Bonchev–Trinajstić information content (AvgIpc) is 2.39. The van der Waals surface area contributed by atoms with Crippen LogP contribution in [0.4, 0.5) is 0 Å². The van der Waals surface area contributed by atoms with Gasteiger partial charge in [-0.25, -0.2) is 0 Å². The molecule has 92 valence electrons. The van der Waals surface area contributed by atoms with Crippen LogP contribution in [0.25, 0.3) is 0 Å². The number of hydrogen-bond acceptors (Lipinski definition) is 5. The molecule has 0 aliphatic heterocycles. The lowest BCUT2D eigenvalue weighted by Crippen LogP contribution is -2.07. The highest BCUT2D eigenvalue weighted by molar-refractivity contribution is 5.43. The molecule has 0 saturated carbocycles. The molecule has 1 aromatic carbocycles. The largest absolute Gasteiger partial charge is 0.497 e. The first kappa shape index (κ1) is 13.3. The third kappa shape index (κ3) is 3.34. The zero-order valence-corrected chi connectivity index (χ0v) is 9.84. The molecule has 1 atom stereocenters. The Morgan fingerprint density at radius 2 is 2.12 bits per heavy atom. The van der Waals surface area contributed by atoms with Gasteiger partial charge in [0.1, 0.15) is 11.5 Å². The van der Waals surface area contributed by atoms with Gasteiger partial charge in [0.25, 0.3) is 0 Å². The maximum atomic E-state index is 9.04. The number of ether oxygens (including phenoxy) is 3. The number of hydrogen-bond donors (Lipinski definition) is 1. The van der Waals surface area contributed by atoms with E-state index in [1.807, 2.05) is 6.07 Å². The Balaban J connectivity index is 3.02. The summed E-state index contributed by atoms with van der Waals surface area (Å²) in [4.78, 5) is 0. The van der Waals surface area contributed by atoms with Crippen molar-refractivity contribution in [3.05, 3.63) is 23.8 Å². The fourth-order valence-corrected chi connectivity index (χ4v) is 1.41. The molecule has 17 heavy (non-hydrogen) atoms. The van der Waals surface area contributed by atoms with Crippen molar-refractivity contribution in [2.45, 2.75) is 6.10 Å². The molecule has 1 unspecified atom stereocenters. The van der Waals surface area contributed by atoms with Gasteiger partial charge in [-0.15, -0.1) is 0 Å². The minimum atomic E-state index is -0.785. The lowest BCUT2D eigenvalue weighted by atomic mass is 10.1. The first-order chi connectivity index (χ1) is 8.26. The Kier molecular flexibility index (Phi) is 5.27. The molecule has 0 aliphatic rings. The van der Waals surface area contributed by atoms with E-state index in [4.69, 9.17) is 24.6 Å². The summed E-state index contributed by atoms with van der Waals surface area (Å²) in [5.41, 5.74) is 0.586. The maximum Gasteiger partial charge on any atom is 0.172 e. The van der Waals surface area contributed by atoms with Crippen molar-refractivity contribution >= 4 is 0 Å². The summed E-state index contributed by atoms with van der Waals surface area (Å²) in [6.07, 6.45) is -0.785. The molecule has 0 amide bonds. The molecule has 0 spiro atoms. The number of aliphatic hydroxyl groups is 1. The third-order valence-electron chi connectivity index (χ3n) is 2.21. The maximum absolute atomic E-state index is 9.04. The minimum absolute atomic E-state index is 0.0958. The van der Waals surface area contributed by atoms with Crippen LogP contribution in [-0.2, 0) is 4.74 Å². The van der Waals surface area contributed by atoms with E-state index in [1.54, 1.807) is 25.3 Å². The van der Waals surface area contributed by atoms with Gasteiger partial charge in [-0.3, -0.25) is 0 Å². The van der Waals surface area contributed by atoms with Crippen LogP contribution >= 0.6 is 0 Å². The van der Waals surface area contributed by atoms with Crippen molar-refractivity contribution in [1.29, 1.82) is 5.26 Å². The number of aliphatic hydroxyl groups excluding tert-OH is 1. The van der Waals surface area contributed by atoms with Crippen molar-refractivity contribution in [1.82, 2.24) is 0 Å². The van der Waals surface area contributed by atoms with E-state index in [-0.39, 0.29) is 13.2 Å². The molecule has 5 nitrogen and oxygen atoms in total. The van der Waals surface area contributed by atoms with Gasteiger partial charge in [-0.2, -0.15) is 5.26 Å². The molecule has 0 fully saturated rings. The molecule has 0 heterocycles. The Morgan fingerprint density at radius 3 is 2.65 bits per heavy atom. The van der Waals surface area contributed by atoms with Gasteiger partial charge in [0.05, 0.1) is 33.5 Å². The minimum Gasteiger partial charge on any atom is -0.497 e. The average molecular weight is 237 g/mol. The van der Waals surface area contributed by atoms with Crippen LogP contribution in [0.2, 0.25) is 0 Å². The summed E-state index contributed by atoms with van der Waals surface area (Å²) in [6.45, 7) is -0.0386. The van der Waals surface area contributed by atoms with Crippen molar-refractivity contribution in [3.8, 4) is 17.6 Å². The van der Waals surface area contributed by atoms with Crippen LogP contribution in [0.3, 0.4) is 0 Å². The highest BCUT2D eigenvalue weighted by Crippen LogP contribution is 2.30. The van der Waals surface area contributed by atoms with Gasteiger partial charge < -0.3 is 19.3 Å². The van der Waals surface area contributed by atoms with Gasteiger partial charge in [0.15, 0.2) is 6.10 Å². The van der Waals surface area contributed by atoms with Crippen LogP contribution in [0.15, 0.2) is 18.2 Å². The van der Waals surface area contributed by atoms with E-state index in [1.165, 1.54) is 7.11 Å². The second-order valence-electron chi connectivity index (χ2n) is 3.21. The number of rotatable bonds is 6. The summed E-state index contributed by atoms with van der Waals surface area (Å²) in [5, 5.41) is 17.7. The smallest absolute Gasteiger partial charge is 0.172 e. The van der Waals surface area contributed by atoms with Crippen molar-refractivity contribution in [3.63, 3.8) is 0 Å². The predicted octanol–water partition coefficient (Wildman–Crippen LogP) is 1.28. The lowest BCUT2D eigenvalue weighted by Gasteiger charge is -2.15. The van der Waals surface area contributed by atoms with Gasteiger partial charge in [0, 0.05) is 5.56 Å². The Hall–Kier alpha value is -1.77. The van der Waals surface area contributed by atoms with Crippen LogP contribution in [0, 0.1) is 11.3 Å². The first-order valence-corrected chi connectivity index (χ1v) is 5.10. The van der Waals surface area contributed by atoms with Crippen LogP contribution in [-0.4, -0.2) is 32.5 Å². The zero-order valence-electron chi connectivity index (χ0n) is 9.84. The normalized spacial score (nSPS) is 11.6. The Labute approximate surface area is 100 Å². The Morgan fingerprint density at radius 1 is 1.35 bits per heavy atom. The number of methoxy groups -OCH3 is 2. The quantitative estimate of drug-likeness (QED) is 0.806. The molecule has 0 aliphatic carbocycles. The molecule has 0 aromatic heterocycles. The monoisotopic (exact) mass is 237 g/mol. The molecule has 0 radical (unpaired) electrons. The molecular formula is C12H15NO4. The van der Waals surface area contributed by atoms with Gasteiger partial charge >= 0.3 is 0 Å². The molecule has 1 aromatic rings. The van der Waals surface area contributed by atoms with Crippen LogP contribution in [0.1, 0.15) is 11.7 Å². The third-order valence-corrected chi connectivity index (χ3v) is 2.21. The van der Waals surface area contributed by atoms with Gasteiger partial charge in [0.2, 0.25) is 0 Å². The predicted molar refractivity (Wildman–Crippen MR) is 60.9 cm³/mol. The standard InChI is InChI=1S/C12H15NO4/c1-15-9-3-4-11(16-2)10(7-9)12(8-13)17-6-5-14/h3-4,7,12,14H,5-6H2,1-2H3. The molecule has 0 bridgehead atoms. The highest BCUT2D eigenvalue weighted by atomic mass is 16.5. The lowest BCUT2D eigenvalue weighted by molar-refractivity contribution is 0.0568. The van der Waals surface area contributed by atoms with Crippen LogP contribution < -0.4 is 9.47 Å². The first-order valence-electron chi connectivity index (χ1n) is 5.10. The van der Waals surface area contributed by atoms with E-state index >= 15 is 0 Å². The number of nitrogens with zero attached hydrogens (tertiary/aromatic N) is 1. The fraction of sp³-hybridized carbons (Fsp3) is 0.417.